The van der Waals surface area contributed by atoms with Crippen molar-refractivity contribution < 1.29 is 4.39 Å². The van der Waals surface area contributed by atoms with Crippen LogP contribution in [0, 0.1) is 17.7 Å². The fraction of sp³-hybridized carbons (Fsp3) is 0.625. The third kappa shape index (κ3) is 4.03. The second-order valence-electron chi connectivity index (χ2n) is 5.74. The van der Waals surface area contributed by atoms with Crippen molar-refractivity contribution in [3.8, 4) is 0 Å². The molecule has 106 valence electrons. The molecule has 1 nitrogen and oxygen atoms in total. The lowest BCUT2D eigenvalue weighted by molar-refractivity contribution is 0.351. The van der Waals surface area contributed by atoms with Gasteiger partial charge in [-0.15, -0.1) is 0 Å². The molecule has 19 heavy (non-hydrogen) atoms. The first kappa shape index (κ1) is 15.0. The fourth-order valence-electron chi connectivity index (χ4n) is 3.19. The van der Waals surface area contributed by atoms with E-state index < -0.39 is 0 Å². The summed E-state index contributed by atoms with van der Waals surface area (Å²) in [6.45, 7) is 5.64. The minimum atomic E-state index is -0.143. The zero-order chi connectivity index (χ0) is 13.8. The zero-order valence-electron chi connectivity index (χ0n) is 11.8. The molecule has 3 atom stereocenters. The van der Waals surface area contributed by atoms with E-state index in [-0.39, 0.29) is 5.82 Å². The summed E-state index contributed by atoms with van der Waals surface area (Å²) in [7, 11) is 0. The number of nitrogens with one attached hydrogen (secondary N) is 1. The van der Waals surface area contributed by atoms with E-state index in [1.165, 1.54) is 25.3 Å². The average molecular weight is 328 g/mol. The third-order valence-corrected chi connectivity index (χ3v) is 4.76. The molecule has 1 fully saturated rings. The van der Waals surface area contributed by atoms with Gasteiger partial charge in [0.25, 0.3) is 0 Å². The second-order valence-corrected chi connectivity index (χ2v) is 6.65. The monoisotopic (exact) mass is 327 g/mol. The van der Waals surface area contributed by atoms with Crippen LogP contribution in [0.1, 0.15) is 38.7 Å². The Hall–Kier alpha value is -0.410. The van der Waals surface area contributed by atoms with Gasteiger partial charge in [-0.1, -0.05) is 29.8 Å². The van der Waals surface area contributed by atoms with Crippen LogP contribution in [-0.4, -0.2) is 12.6 Å². The molecule has 1 aliphatic carbocycles. The van der Waals surface area contributed by atoms with Gasteiger partial charge in [-0.05, 0) is 67.8 Å². The van der Waals surface area contributed by atoms with Gasteiger partial charge in [0.15, 0.2) is 0 Å². The molecule has 1 aromatic rings. The summed E-state index contributed by atoms with van der Waals surface area (Å²) in [5.41, 5.74) is 1.11. The first-order valence-electron chi connectivity index (χ1n) is 7.28. The first-order chi connectivity index (χ1) is 9.10. The summed E-state index contributed by atoms with van der Waals surface area (Å²) in [6, 6.07) is 5.88. The minimum Gasteiger partial charge on any atom is -0.314 e. The van der Waals surface area contributed by atoms with Crippen molar-refractivity contribution in [2.75, 3.05) is 6.54 Å². The highest BCUT2D eigenvalue weighted by atomic mass is 79.9. The van der Waals surface area contributed by atoms with Gasteiger partial charge < -0.3 is 5.32 Å². The SMILES string of the molecule is CCCNC1CCC(Cc2cc(F)cc(Br)c2)C1C. The third-order valence-electron chi connectivity index (χ3n) is 4.30. The molecule has 0 aliphatic heterocycles. The molecule has 1 aromatic carbocycles. The van der Waals surface area contributed by atoms with E-state index in [2.05, 4.69) is 35.1 Å². The smallest absolute Gasteiger partial charge is 0.124 e. The molecule has 0 heterocycles. The first-order valence-corrected chi connectivity index (χ1v) is 8.07. The highest BCUT2D eigenvalue weighted by Crippen LogP contribution is 2.34. The van der Waals surface area contributed by atoms with Crippen LogP contribution in [0.5, 0.6) is 0 Å². The van der Waals surface area contributed by atoms with Gasteiger partial charge in [-0.2, -0.15) is 0 Å². The molecule has 3 unspecified atom stereocenters. The Morgan fingerprint density at radius 2 is 2.11 bits per heavy atom. The van der Waals surface area contributed by atoms with Gasteiger partial charge in [0, 0.05) is 10.5 Å². The molecule has 2 rings (SSSR count). The summed E-state index contributed by atoms with van der Waals surface area (Å²) < 4.78 is 14.2. The van der Waals surface area contributed by atoms with E-state index in [4.69, 9.17) is 0 Å². The van der Waals surface area contributed by atoms with Crippen LogP contribution >= 0.6 is 15.9 Å². The van der Waals surface area contributed by atoms with Crippen molar-refractivity contribution in [2.24, 2.45) is 11.8 Å². The summed E-state index contributed by atoms with van der Waals surface area (Å²) in [6.07, 6.45) is 4.67. The van der Waals surface area contributed by atoms with Crippen LogP contribution in [0.25, 0.3) is 0 Å². The molecule has 1 N–H and O–H groups in total. The summed E-state index contributed by atoms with van der Waals surface area (Å²) in [5.74, 6) is 1.20. The van der Waals surface area contributed by atoms with Gasteiger partial charge in [0.2, 0.25) is 0 Å². The maximum absolute atomic E-state index is 13.4. The lowest BCUT2D eigenvalue weighted by atomic mass is 9.89. The Bertz CT molecular complexity index is 401. The Kier molecular flexibility index (Phi) is 5.40. The highest BCUT2D eigenvalue weighted by molar-refractivity contribution is 9.10. The van der Waals surface area contributed by atoms with Crippen molar-refractivity contribution in [1.29, 1.82) is 0 Å². The maximum Gasteiger partial charge on any atom is 0.124 e. The molecule has 0 spiro atoms. The van der Waals surface area contributed by atoms with Crippen molar-refractivity contribution in [3.05, 3.63) is 34.1 Å². The fourth-order valence-corrected chi connectivity index (χ4v) is 3.70. The van der Waals surface area contributed by atoms with Crippen LogP contribution < -0.4 is 5.32 Å². The van der Waals surface area contributed by atoms with Crippen LogP contribution in [0.2, 0.25) is 0 Å². The van der Waals surface area contributed by atoms with E-state index in [0.717, 1.165) is 23.0 Å². The molecule has 0 radical (unpaired) electrons. The molecule has 1 aliphatic rings. The van der Waals surface area contributed by atoms with Crippen LogP contribution in [-0.2, 0) is 6.42 Å². The predicted octanol–water partition coefficient (Wildman–Crippen LogP) is 4.55. The van der Waals surface area contributed by atoms with Gasteiger partial charge in [0.1, 0.15) is 5.82 Å². The highest BCUT2D eigenvalue weighted by Gasteiger charge is 2.32. The van der Waals surface area contributed by atoms with Crippen molar-refractivity contribution in [3.63, 3.8) is 0 Å². The molecule has 0 saturated heterocycles. The lowest BCUT2D eigenvalue weighted by Crippen LogP contribution is -2.33. The Labute approximate surface area is 124 Å². The van der Waals surface area contributed by atoms with Crippen LogP contribution in [0.15, 0.2) is 22.7 Å². The van der Waals surface area contributed by atoms with Gasteiger partial charge in [-0.25, -0.2) is 4.39 Å². The summed E-state index contributed by atoms with van der Waals surface area (Å²) in [5, 5.41) is 3.64. The second kappa shape index (κ2) is 6.85. The van der Waals surface area contributed by atoms with E-state index in [1.54, 1.807) is 6.07 Å². The number of rotatable bonds is 5. The Morgan fingerprint density at radius 1 is 1.32 bits per heavy atom. The zero-order valence-corrected chi connectivity index (χ0v) is 13.3. The molecule has 3 heteroatoms. The maximum atomic E-state index is 13.4. The quantitative estimate of drug-likeness (QED) is 0.836. The largest absolute Gasteiger partial charge is 0.314 e. The summed E-state index contributed by atoms with van der Waals surface area (Å²) in [4.78, 5) is 0. The van der Waals surface area contributed by atoms with Crippen molar-refractivity contribution in [2.45, 2.75) is 45.6 Å². The average Bonchev–Trinajstić information content (AvgIpc) is 2.67. The van der Waals surface area contributed by atoms with E-state index >= 15 is 0 Å². The van der Waals surface area contributed by atoms with Gasteiger partial charge >= 0.3 is 0 Å². The lowest BCUT2D eigenvalue weighted by Gasteiger charge is -2.22. The minimum absolute atomic E-state index is 0.143. The van der Waals surface area contributed by atoms with E-state index in [0.29, 0.717) is 17.9 Å². The van der Waals surface area contributed by atoms with Crippen LogP contribution in [0.4, 0.5) is 4.39 Å². The van der Waals surface area contributed by atoms with Gasteiger partial charge in [-0.3, -0.25) is 0 Å². The predicted molar refractivity (Wildman–Crippen MR) is 81.8 cm³/mol. The number of benzene rings is 1. The van der Waals surface area contributed by atoms with E-state index in [1.807, 2.05) is 6.07 Å². The molecule has 1 saturated carbocycles. The molecule has 0 aromatic heterocycles. The standard InChI is InChI=1S/C16H23BrFN/c1-3-6-19-16-5-4-13(11(16)2)7-12-8-14(17)10-15(18)9-12/h8-11,13,16,19H,3-7H2,1-2H3. The molecular formula is C16H23BrFN. The molecule has 0 amide bonds. The number of hydrogen-bond donors (Lipinski definition) is 1. The topological polar surface area (TPSA) is 12.0 Å². The molecular weight excluding hydrogens is 305 g/mol. The van der Waals surface area contributed by atoms with Gasteiger partial charge in [0.05, 0.1) is 0 Å². The Morgan fingerprint density at radius 3 is 2.79 bits per heavy atom. The normalized spacial score (nSPS) is 26.8. The molecule has 0 bridgehead atoms. The van der Waals surface area contributed by atoms with Crippen molar-refractivity contribution in [1.82, 2.24) is 5.32 Å². The Balaban J connectivity index is 1.96. The number of halogens is 2. The number of hydrogen-bond acceptors (Lipinski definition) is 1. The van der Waals surface area contributed by atoms with Crippen molar-refractivity contribution >= 4 is 15.9 Å². The summed E-state index contributed by atoms with van der Waals surface area (Å²) >= 11 is 3.37. The van der Waals surface area contributed by atoms with Crippen LogP contribution in [0.3, 0.4) is 0 Å². The van der Waals surface area contributed by atoms with E-state index in [9.17, 15) is 4.39 Å².